The summed E-state index contributed by atoms with van der Waals surface area (Å²) in [5, 5.41) is 3.76. The normalized spacial score (nSPS) is 16.2. The number of nitrogens with zero attached hydrogens (tertiary/aromatic N) is 1. The van der Waals surface area contributed by atoms with E-state index in [1.54, 1.807) is 18.2 Å². The van der Waals surface area contributed by atoms with Crippen molar-refractivity contribution >= 4 is 28.3 Å². The summed E-state index contributed by atoms with van der Waals surface area (Å²) in [6.07, 6.45) is 4.31. The molecule has 1 N–H and O–H groups in total. The first-order valence-corrected chi connectivity index (χ1v) is 10.8. The van der Waals surface area contributed by atoms with Crippen molar-refractivity contribution < 1.29 is 23.1 Å². The zero-order chi connectivity index (χ0) is 21.2. The summed E-state index contributed by atoms with van der Waals surface area (Å²) in [6, 6.07) is 10.4. The number of carbonyl (C=O) groups excluding carboxylic acids is 1. The van der Waals surface area contributed by atoms with Crippen LogP contribution in [0.1, 0.15) is 24.2 Å². The molecule has 2 heterocycles. The van der Waals surface area contributed by atoms with Gasteiger partial charge in [-0.3, -0.25) is 4.79 Å². The Morgan fingerprint density at radius 3 is 2.77 bits per heavy atom. The monoisotopic (exact) mass is 424 g/mol. The number of nitrogens with one attached hydrogen (secondary N) is 1. The average Bonchev–Trinajstić information content (AvgIpc) is 3.16. The molecule has 6 nitrogen and oxygen atoms in total. The number of aryl methyl sites for hydroxylation is 2. The molecule has 1 amide bonds. The summed E-state index contributed by atoms with van der Waals surface area (Å²) in [7, 11) is 0. The minimum absolute atomic E-state index is 0.154. The van der Waals surface area contributed by atoms with Crippen LogP contribution < -0.4 is 15.0 Å². The van der Waals surface area contributed by atoms with E-state index in [0.717, 1.165) is 42.4 Å². The Morgan fingerprint density at radius 1 is 1.10 bits per heavy atom. The van der Waals surface area contributed by atoms with Gasteiger partial charge in [-0.05, 0) is 55.7 Å². The van der Waals surface area contributed by atoms with E-state index in [1.165, 1.54) is 11.6 Å². The first-order chi connectivity index (χ1) is 15.2. The van der Waals surface area contributed by atoms with Crippen molar-refractivity contribution in [1.29, 1.82) is 0 Å². The molecule has 0 atom stereocenters. The zero-order valence-corrected chi connectivity index (χ0v) is 17.3. The van der Waals surface area contributed by atoms with Crippen LogP contribution in [0.4, 0.5) is 15.8 Å². The van der Waals surface area contributed by atoms with Crippen LogP contribution in [0, 0.1) is 5.82 Å². The molecule has 1 aromatic heterocycles. The van der Waals surface area contributed by atoms with Gasteiger partial charge < -0.3 is 24.1 Å². The molecular weight excluding hydrogens is 399 g/mol. The van der Waals surface area contributed by atoms with Crippen molar-refractivity contribution in [3.8, 4) is 5.75 Å². The van der Waals surface area contributed by atoms with Crippen molar-refractivity contribution in [2.24, 2.45) is 0 Å². The number of halogens is 1. The van der Waals surface area contributed by atoms with E-state index in [1.807, 2.05) is 17.0 Å². The average molecular weight is 424 g/mol. The van der Waals surface area contributed by atoms with E-state index >= 15 is 0 Å². The molecule has 1 aliphatic heterocycles. The van der Waals surface area contributed by atoms with Crippen LogP contribution >= 0.6 is 0 Å². The van der Waals surface area contributed by atoms with Gasteiger partial charge in [0.2, 0.25) is 0 Å². The first-order valence-electron chi connectivity index (χ1n) is 10.8. The summed E-state index contributed by atoms with van der Waals surface area (Å²) in [5.74, 6) is 0.980. The van der Waals surface area contributed by atoms with E-state index < -0.39 is 0 Å². The predicted molar refractivity (Wildman–Crippen MR) is 116 cm³/mol. The Morgan fingerprint density at radius 2 is 1.94 bits per heavy atom. The van der Waals surface area contributed by atoms with Crippen molar-refractivity contribution in [3.05, 3.63) is 53.5 Å². The molecule has 5 rings (SSSR count). The lowest BCUT2D eigenvalue weighted by molar-refractivity contribution is -0.118. The van der Waals surface area contributed by atoms with Gasteiger partial charge in [0.15, 0.2) is 6.61 Å². The number of fused-ring (bicyclic) bond motifs is 3. The molecule has 0 radical (unpaired) electrons. The van der Waals surface area contributed by atoms with Crippen molar-refractivity contribution in [1.82, 2.24) is 0 Å². The maximum atomic E-state index is 14.5. The Balaban J connectivity index is 1.21. The maximum absolute atomic E-state index is 14.5. The van der Waals surface area contributed by atoms with E-state index in [-0.39, 0.29) is 18.3 Å². The Kier molecular flexibility index (Phi) is 5.51. The third kappa shape index (κ3) is 4.23. The summed E-state index contributed by atoms with van der Waals surface area (Å²) in [6.45, 7) is 2.32. The fourth-order valence-corrected chi connectivity index (χ4v) is 4.32. The van der Waals surface area contributed by atoms with E-state index in [0.29, 0.717) is 43.4 Å². The quantitative estimate of drug-likeness (QED) is 0.662. The van der Waals surface area contributed by atoms with Crippen LogP contribution in [0.2, 0.25) is 0 Å². The molecule has 0 saturated carbocycles. The number of hydrogen-bond acceptors (Lipinski definition) is 5. The predicted octanol–water partition coefficient (Wildman–Crippen LogP) is 4.30. The number of rotatable bonds is 5. The number of furan rings is 1. The molecule has 3 aromatic rings. The van der Waals surface area contributed by atoms with Crippen LogP contribution in [-0.2, 0) is 22.4 Å². The van der Waals surface area contributed by atoms with Crippen molar-refractivity contribution in [2.45, 2.75) is 25.7 Å². The molecule has 0 unspecified atom stereocenters. The summed E-state index contributed by atoms with van der Waals surface area (Å²) in [4.78, 5) is 14.3. The minimum Gasteiger partial charge on any atom is -0.484 e. The van der Waals surface area contributed by atoms with Crippen LogP contribution in [0.15, 0.2) is 40.8 Å². The lowest BCUT2D eigenvalue weighted by Crippen LogP contribution is -2.36. The summed E-state index contributed by atoms with van der Waals surface area (Å²) in [5.41, 5.74) is 3.04. The molecule has 2 aromatic carbocycles. The SMILES string of the molecule is O=C(COc1ccc2oc3c(c2c1)CCCC3)Nc1ccc(N2CCOCC2)c(F)c1. The van der Waals surface area contributed by atoms with Gasteiger partial charge in [0.1, 0.15) is 22.9 Å². The molecule has 7 heteroatoms. The second-order valence-electron chi connectivity index (χ2n) is 7.97. The smallest absolute Gasteiger partial charge is 0.262 e. The molecule has 1 fully saturated rings. The van der Waals surface area contributed by atoms with Crippen LogP contribution in [0.25, 0.3) is 11.0 Å². The highest BCUT2D eigenvalue weighted by Crippen LogP contribution is 2.34. The summed E-state index contributed by atoms with van der Waals surface area (Å²) < 4.78 is 31.4. The second kappa shape index (κ2) is 8.59. The van der Waals surface area contributed by atoms with Crippen LogP contribution in [0.3, 0.4) is 0 Å². The largest absolute Gasteiger partial charge is 0.484 e. The van der Waals surface area contributed by atoms with Gasteiger partial charge in [-0.25, -0.2) is 4.39 Å². The topological polar surface area (TPSA) is 63.9 Å². The molecule has 1 saturated heterocycles. The number of carbonyl (C=O) groups is 1. The molecule has 31 heavy (non-hydrogen) atoms. The maximum Gasteiger partial charge on any atom is 0.262 e. The lowest BCUT2D eigenvalue weighted by atomic mass is 9.96. The summed E-state index contributed by atoms with van der Waals surface area (Å²) >= 11 is 0. The molecular formula is C24H25FN2O4. The fraction of sp³-hybridized carbons (Fsp3) is 0.375. The Hall–Kier alpha value is -3.06. The van der Waals surface area contributed by atoms with E-state index in [2.05, 4.69) is 5.32 Å². The Labute approximate surface area is 179 Å². The highest BCUT2D eigenvalue weighted by Gasteiger charge is 2.19. The minimum atomic E-state index is -0.365. The van der Waals surface area contributed by atoms with Gasteiger partial charge >= 0.3 is 0 Å². The van der Waals surface area contributed by atoms with Gasteiger partial charge in [-0.15, -0.1) is 0 Å². The van der Waals surface area contributed by atoms with Crippen molar-refractivity contribution in [3.63, 3.8) is 0 Å². The van der Waals surface area contributed by atoms with Gasteiger partial charge in [-0.1, -0.05) is 0 Å². The number of ether oxygens (including phenoxy) is 2. The van der Waals surface area contributed by atoms with E-state index in [4.69, 9.17) is 13.9 Å². The highest BCUT2D eigenvalue weighted by molar-refractivity contribution is 5.92. The van der Waals surface area contributed by atoms with Crippen LogP contribution in [0.5, 0.6) is 5.75 Å². The second-order valence-corrected chi connectivity index (χ2v) is 7.97. The molecule has 1 aliphatic carbocycles. The number of morpholine rings is 1. The standard InChI is InChI=1S/C24H25FN2O4/c25-20-13-16(5-7-21(20)27-9-11-29-12-10-27)26-24(28)15-30-17-6-8-23-19(14-17)18-3-1-2-4-22(18)31-23/h5-8,13-14H,1-4,9-12,15H2,(H,26,28). The Bertz CT molecular complexity index is 1100. The van der Waals surface area contributed by atoms with Gasteiger partial charge in [0.05, 0.1) is 18.9 Å². The van der Waals surface area contributed by atoms with Gasteiger partial charge in [-0.2, -0.15) is 0 Å². The fourth-order valence-electron chi connectivity index (χ4n) is 4.32. The van der Waals surface area contributed by atoms with Crippen LogP contribution in [-0.4, -0.2) is 38.8 Å². The third-order valence-electron chi connectivity index (χ3n) is 5.88. The molecule has 0 spiro atoms. The zero-order valence-electron chi connectivity index (χ0n) is 17.3. The molecule has 162 valence electrons. The molecule has 0 bridgehead atoms. The molecule has 2 aliphatic rings. The van der Waals surface area contributed by atoms with Gasteiger partial charge in [0, 0.05) is 36.1 Å². The number of benzene rings is 2. The number of anilines is 2. The van der Waals surface area contributed by atoms with Gasteiger partial charge in [0.25, 0.3) is 5.91 Å². The lowest BCUT2D eigenvalue weighted by Gasteiger charge is -2.29. The van der Waals surface area contributed by atoms with E-state index in [9.17, 15) is 9.18 Å². The number of amides is 1. The third-order valence-corrected chi connectivity index (χ3v) is 5.88. The number of hydrogen-bond donors (Lipinski definition) is 1. The highest BCUT2D eigenvalue weighted by atomic mass is 19.1. The first kappa shape index (κ1) is 19.9. The van der Waals surface area contributed by atoms with Crippen molar-refractivity contribution in [2.75, 3.05) is 43.1 Å².